The molecule has 0 fully saturated rings. The Morgan fingerprint density at radius 1 is 1.13 bits per heavy atom. The first-order valence-corrected chi connectivity index (χ1v) is 9.74. The number of benzene rings is 2. The lowest BCUT2D eigenvalue weighted by molar-refractivity contribution is -0.674. The van der Waals surface area contributed by atoms with Crippen molar-refractivity contribution in [2.75, 3.05) is 32.7 Å². The van der Waals surface area contributed by atoms with Crippen LogP contribution in [-0.4, -0.2) is 44.7 Å². The Hall–Kier alpha value is -3.61. The fraction of sp³-hybridized carbons (Fsp3) is 0.261. The van der Waals surface area contributed by atoms with Crippen LogP contribution in [0.15, 0.2) is 66.0 Å². The predicted octanol–water partition coefficient (Wildman–Crippen LogP) is 2.96. The lowest BCUT2D eigenvalue weighted by atomic mass is 10.2. The number of anilines is 1. The van der Waals surface area contributed by atoms with E-state index in [1.54, 1.807) is 24.9 Å². The molecule has 0 saturated carbocycles. The smallest absolute Gasteiger partial charge is 0.348 e. The minimum Gasteiger partial charge on any atom is -0.497 e. The highest BCUT2D eigenvalue weighted by Crippen LogP contribution is 2.20. The molecule has 0 spiro atoms. The standard InChI is InChI=1S/C23H27N4O3/c1-5-30-22(28)17-26-14-15-27(23(26)19-8-12-21(29-4)13-9-19)24-16-18-6-10-20(11-7-18)25(2)3/h6-16H,5,17H2,1-4H3/q+1/b24-16+. The van der Waals surface area contributed by atoms with Crippen molar-refractivity contribution in [2.45, 2.75) is 13.5 Å². The van der Waals surface area contributed by atoms with Gasteiger partial charge >= 0.3 is 11.8 Å². The van der Waals surface area contributed by atoms with Crippen LogP contribution in [0.3, 0.4) is 0 Å². The molecule has 0 amide bonds. The van der Waals surface area contributed by atoms with E-state index < -0.39 is 0 Å². The molecule has 0 radical (unpaired) electrons. The van der Waals surface area contributed by atoms with Gasteiger partial charge in [-0.15, -0.1) is 4.68 Å². The average Bonchev–Trinajstić information content (AvgIpc) is 3.15. The van der Waals surface area contributed by atoms with Gasteiger partial charge in [-0.3, -0.25) is 0 Å². The number of imidazole rings is 1. The molecule has 30 heavy (non-hydrogen) atoms. The highest BCUT2D eigenvalue weighted by molar-refractivity contribution is 5.80. The third kappa shape index (κ3) is 5.05. The second-order valence-electron chi connectivity index (χ2n) is 6.86. The van der Waals surface area contributed by atoms with E-state index in [4.69, 9.17) is 9.47 Å². The van der Waals surface area contributed by atoms with Crippen molar-refractivity contribution < 1.29 is 18.8 Å². The molecule has 7 nitrogen and oxygen atoms in total. The molecule has 3 rings (SSSR count). The van der Waals surface area contributed by atoms with Crippen molar-refractivity contribution >= 4 is 17.9 Å². The fourth-order valence-electron chi connectivity index (χ4n) is 3.01. The summed E-state index contributed by atoms with van der Waals surface area (Å²) < 4.78 is 13.9. The molecule has 0 bridgehead atoms. The number of aromatic nitrogens is 2. The fourth-order valence-corrected chi connectivity index (χ4v) is 3.01. The Balaban J connectivity index is 1.94. The third-order valence-electron chi connectivity index (χ3n) is 4.57. The predicted molar refractivity (Wildman–Crippen MR) is 117 cm³/mol. The van der Waals surface area contributed by atoms with E-state index in [1.807, 2.05) is 84.5 Å². The molecule has 0 atom stereocenters. The number of hydrogen-bond donors (Lipinski definition) is 0. The van der Waals surface area contributed by atoms with E-state index in [2.05, 4.69) is 5.10 Å². The van der Waals surface area contributed by atoms with Crippen LogP contribution in [0.4, 0.5) is 5.69 Å². The molecular formula is C23H27N4O3+. The summed E-state index contributed by atoms with van der Waals surface area (Å²) >= 11 is 0. The first-order chi connectivity index (χ1) is 14.5. The quantitative estimate of drug-likeness (QED) is 0.327. The Kier molecular flexibility index (Phi) is 6.85. The minimum atomic E-state index is -0.293. The van der Waals surface area contributed by atoms with Gasteiger partial charge in [-0.1, -0.05) is 17.2 Å². The lowest BCUT2D eigenvalue weighted by Crippen LogP contribution is -2.39. The van der Waals surface area contributed by atoms with Gasteiger partial charge < -0.3 is 14.4 Å². The molecule has 0 saturated heterocycles. The maximum atomic E-state index is 12.1. The summed E-state index contributed by atoms with van der Waals surface area (Å²) in [5.41, 5.74) is 3.01. The largest absolute Gasteiger partial charge is 0.497 e. The van der Waals surface area contributed by atoms with Gasteiger partial charge in [-0.25, -0.2) is 9.36 Å². The topological polar surface area (TPSA) is 59.9 Å². The average molecular weight is 407 g/mol. The first kappa shape index (κ1) is 21.1. The zero-order chi connectivity index (χ0) is 21.5. The number of carbonyl (C=O) groups is 1. The Labute approximate surface area is 176 Å². The zero-order valence-corrected chi connectivity index (χ0v) is 17.8. The summed E-state index contributed by atoms with van der Waals surface area (Å²) in [7, 11) is 5.64. The number of carbonyl (C=O) groups excluding carboxylic acids is 1. The normalized spacial score (nSPS) is 10.9. The molecule has 2 aromatic carbocycles. The number of methoxy groups -OCH3 is 1. The summed E-state index contributed by atoms with van der Waals surface area (Å²) in [5.74, 6) is 1.24. The van der Waals surface area contributed by atoms with Crippen molar-refractivity contribution in [3.8, 4) is 17.1 Å². The Bertz CT molecular complexity index is 1010. The second kappa shape index (κ2) is 9.73. The number of nitrogens with zero attached hydrogens (tertiary/aromatic N) is 4. The van der Waals surface area contributed by atoms with Crippen LogP contribution in [0.5, 0.6) is 5.75 Å². The van der Waals surface area contributed by atoms with Gasteiger partial charge in [0.1, 0.15) is 11.9 Å². The molecule has 0 aliphatic heterocycles. The maximum absolute atomic E-state index is 12.1. The number of ether oxygens (including phenoxy) is 2. The Morgan fingerprint density at radius 2 is 1.83 bits per heavy atom. The van der Waals surface area contributed by atoms with Crippen molar-refractivity contribution in [2.24, 2.45) is 5.10 Å². The number of hydrogen-bond acceptors (Lipinski definition) is 5. The number of rotatable bonds is 8. The summed E-state index contributed by atoms with van der Waals surface area (Å²) in [4.78, 5) is 14.1. The maximum Gasteiger partial charge on any atom is 0.348 e. The molecule has 156 valence electrons. The molecular weight excluding hydrogens is 380 g/mol. The molecule has 0 unspecified atom stereocenters. The zero-order valence-electron chi connectivity index (χ0n) is 17.8. The van der Waals surface area contributed by atoms with Gasteiger partial charge in [-0.2, -0.15) is 0 Å². The van der Waals surface area contributed by atoms with Gasteiger partial charge in [0.2, 0.25) is 0 Å². The summed E-state index contributed by atoms with van der Waals surface area (Å²) in [6.45, 7) is 2.25. The van der Waals surface area contributed by atoms with Crippen molar-refractivity contribution in [3.63, 3.8) is 0 Å². The van der Waals surface area contributed by atoms with Crippen LogP contribution >= 0.6 is 0 Å². The van der Waals surface area contributed by atoms with E-state index >= 15 is 0 Å². The van der Waals surface area contributed by atoms with E-state index in [0.29, 0.717) is 6.61 Å². The van der Waals surface area contributed by atoms with E-state index in [1.165, 1.54) is 0 Å². The van der Waals surface area contributed by atoms with Crippen LogP contribution in [0.1, 0.15) is 12.5 Å². The third-order valence-corrected chi connectivity index (χ3v) is 4.57. The Morgan fingerprint density at radius 3 is 2.43 bits per heavy atom. The monoisotopic (exact) mass is 407 g/mol. The van der Waals surface area contributed by atoms with Crippen LogP contribution in [0.25, 0.3) is 11.4 Å². The summed E-state index contributed by atoms with van der Waals surface area (Å²) in [6, 6.07) is 15.8. The van der Waals surface area contributed by atoms with E-state index in [0.717, 1.165) is 28.4 Å². The van der Waals surface area contributed by atoms with Crippen molar-refractivity contribution in [1.29, 1.82) is 0 Å². The van der Waals surface area contributed by atoms with E-state index in [9.17, 15) is 4.79 Å². The first-order valence-electron chi connectivity index (χ1n) is 9.74. The van der Waals surface area contributed by atoms with Crippen LogP contribution in [0, 0.1) is 0 Å². The van der Waals surface area contributed by atoms with Crippen LogP contribution < -0.4 is 14.2 Å². The van der Waals surface area contributed by atoms with Gasteiger partial charge in [-0.05, 0) is 48.9 Å². The molecule has 1 heterocycles. The van der Waals surface area contributed by atoms with Crippen molar-refractivity contribution in [3.05, 3.63) is 66.5 Å². The minimum absolute atomic E-state index is 0.106. The van der Waals surface area contributed by atoms with E-state index in [-0.39, 0.29) is 12.5 Å². The lowest BCUT2D eigenvalue weighted by Gasteiger charge is -2.11. The van der Waals surface area contributed by atoms with Crippen LogP contribution in [-0.2, 0) is 16.1 Å². The number of esters is 1. The SMILES string of the molecule is CCOC(=O)C[n+]1ccn(/N=C/c2ccc(N(C)C)cc2)c1-c1ccc(OC)cc1. The highest BCUT2D eigenvalue weighted by Gasteiger charge is 2.22. The molecule has 0 aliphatic carbocycles. The van der Waals surface area contributed by atoms with Gasteiger partial charge in [0.05, 0.1) is 25.5 Å². The summed E-state index contributed by atoms with van der Waals surface area (Å²) in [6.07, 6.45) is 5.44. The van der Waals surface area contributed by atoms with Gasteiger partial charge in [0.15, 0.2) is 12.7 Å². The van der Waals surface area contributed by atoms with Crippen molar-refractivity contribution in [1.82, 2.24) is 4.68 Å². The summed E-state index contributed by atoms with van der Waals surface area (Å²) in [5, 5.41) is 4.62. The molecule has 1 aromatic heterocycles. The molecule has 0 N–H and O–H groups in total. The van der Waals surface area contributed by atoms with Gasteiger partial charge in [0.25, 0.3) is 0 Å². The van der Waals surface area contributed by atoms with Crippen LogP contribution in [0.2, 0.25) is 0 Å². The second-order valence-corrected chi connectivity index (χ2v) is 6.86. The molecule has 0 aliphatic rings. The molecule has 3 aromatic rings. The van der Waals surface area contributed by atoms with Gasteiger partial charge in [0, 0.05) is 19.8 Å². The molecule has 7 heteroatoms. The highest BCUT2D eigenvalue weighted by atomic mass is 16.5.